The van der Waals surface area contributed by atoms with Gasteiger partial charge in [0.1, 0.15) is 0 Å². The molecule has 2 heteroatoms. The van der Waals surface area contributed by atoms with Crippen LogP contribution in [0.5, 0.6) is 0 Å². The fraction of sp³-hybridized carbons (Fsp3) is 1.00. The lowest BCUT2D eigenvalue weighted by molar-refractivity contribution is 0.129. The Morgan fingerprint density at radius 3 is 2.92 bits per heavy atom. The van der Waals surface area contributed by atoms with Crippen molar-refractivity contribution < 1.29 is 4.74 Å². The third-order valence-corrected chi connectivity index (χ3v) is 3.57. The van der Waals surface area contributed by atoms with Crippen molar-refractivity contribution in [1.82, 2.24) is 4.90 Å². The summed E-state index contributed by atoms with van der Waals surface area (Å²) in [5, 5.41) is 0. The average molecular weight is 169 g/mol. The van der Waals surface area contributed by atoms with Gasteiger partial charge in [0.15, 0.2) is 0 Å². The minimum atomic E-state index is 0.852. The van der Waals surface area contributed by atoms with Crippen LogP contribution in [0.3, 0.4) is 0 Å². The molecule has 0 spiro atoms. The Labute approximate surface area is 74.9 Å². The summed E-state index contributed by atoms with van der Waals surface area (Å²) in [7, 11) is 4.06. The van der Waals surface area contributed by atoms with Gasteiger partial charge < -0.3 is 9.64 Å². The highest BCUT2D eigenvalue weighted by Crippen LogP contribution is 2.41. The molecule has 1 heterocycles. The molecule has 3 unspecified atom stereocenters. The van der Waals surface area contributed by atoms with Crippen LogP contribution in [0.4, 0.5) is 0 Å². The Morgan fingerprint density at radius 2 is 2.17 bits per heavy atom. The second kappa shape index (κ2) is 3.35. The zero-order valence-corrected chi connectivity index (χ0v) is 8.12. The fourth-order valence-corrected chi connectivity index (χ4v) is 3.02. The molecule has 0 amide bonds. The van der Waals surface area contributed by atoms with Gasteiger partial charge >= 0.3 is 0 Å². The maximum atomic E-state index is 5.25. The van der Waals surface area contributed by atoms with Crippen molar-refractivity contribution in [2.75, 3.05) is 33.9 Å². The minimum Gasteiger partial charge on any atom is -0.384 e. The third kappa shape index (κ3) is 1.38. The first-order valence-corrected chi connectivity index (χ1v) is 4.98. The van der Waals surface area contributed by atoms with Gasteiger partial charge in [-0.1, -0.05) is 0 Å². The van der Waals surface area contributed by atoms with E-state index in [2.05, 4.69) is 11.9 Å². The molecule has 0 aromatic heterocycles. The van der Waals surface area contributed by atoms with Gasteiger partial charge in [0.2, 0.25) is 0 Å². The van der Waals surface area contributed by atoms with Crippen LogP contribution in [0.15, 0.2) is 0 Å². The first-order valence-electron chi connectivity index (χ1n) is 4.98. The normalized spacial score (nSPS) is 42.0. The van der Waals surface area contributed by atoms with Crippen LogP contribution in [-0.2, 0) is 4.74 Å². The van der Waals surface area contributed by atoms with Crippen LogP contribution in [0.2, 0.25) is 0 Å². The molecule has 2 fully saturated rings. The van der Waals surface area contributed by atoms with Crippen molar-refractivity contribution in [1.29, 1.82) is 0 Å². The van der Waals surface area contributed by atoms with Crippen molar-refractivity contribution >= 4 is 0 Å². The predicted octanol–water partition coefficient (Wildman–Crippen LogP) is 1.22. The lowest BCUT2D eigenvalue weighted by atomic mass is 9.93. The van der Waals surface area contributed by atoms with E-state index < -0.39 is 0 Å². The molecule has 1 aliphatic heterocycles. The second-order valence-electron chi connectivity index (χ2n) is 4.44. The summed E-state index contributed by atoms with van der Waals surface area (Å²) in [6.07, 6.45) is 2.83. The first-order chi connectivity index (χ1) is 5.81. The molecule has 0 aromatic rings. The first kappa shape index (κ1) is 8.52. The molecule has 0 N–H and O–H groups in total. The Morgan fingerprint density at radius 1 is 1.33 bits per heavy atom. The summed E-state index contributed by atoms with van der Waals surface area (Å²) in [6, 6.07) is 0. The molecular formula is C10H19NO. The summed E-state index contributed by atoms with van der Waals surface area (Å²) >= 11 is 0. The zero-order chi connectivity index (χ0) is 8.55. The van der Waals surface area contributed by atoms with Crippen LogP contribution in [0, 0.1) is 17.8 Å². The quantitative estimate of drug-likeness (QED) is 0.616. The van der Waals surface area contributed by atoms with E-state index in [0.29, 0.717) is 0 Å². The van der Waals surface area contributed by atoms with Crippen molar-refractivity contribution in [3.05, 3.63) is 0 Å². The summed E-state index contributed by atoms with van der Waals surface area (Å²) in [4.78, 5) is 2.47. The molecule has 2 rings (SSSR count). The smallest absolute Gasteiger partial charge is 0.0493 e. The lowest BCUT2D eigenvalue weighted by Crippen LogP contribution is -2.21. The van der Waals surface area contributed by atoms with Crippen molar-refractivity contribution in [2.24, 2.45) is 17.8 Å². The fourth-order valence-electron chi connectivity index (χ4n) is 3.02. The molecule has 2 nitrogen and oxygen atoms in total. The average Bonchev–Trinajstić information content (AvgIpc) is 2.52. The van der Waals surface area contributed by atoms with E-state index in [-0.39, 0.29) is 0 Å². The van der Waals surface area contributed by atoms with Crippen molar-refractivity contribution in [2.45, 2.75) is 12.8 Å². The maximum absolute atomic E-state index is 5.25. The molecule has 0 radical (unpaired) electrons. The van der Waals surface area contributed by atoms with Gasteiger partial charge in [-0.2, -0.15) is 0 Å². The van der Waals surface area contributed by atoms with Gasteiger partial charge in [-0.25, -0.2) is 0 Å². The summed E-state index contributed by atoms with van der Waals surface area (Å²) < 4.78 is 5.25. The number of likely N-dealkylation sites (tertiary alicyclic amines) is 1. The number of hydrogen-bond acceptors (Lipinski definition) is 2. The Hall–Kier alpha value is -0.0800. The molecule has 12 heavy (non-hydrogen) atoms. The number of hydrogen-bond donors (Lipinski definition) is 0. The topological polar surface area (TPSA) is 12.5 Å². The number of rotatable bonds is 2. The Bertz CT molecular complexity index is 158. The molecule has 3 atom stereocenters. The van der Waals surface area contributed by atoms with E-state index in [0.717, 1.165) is 24.4 Å². The summed E-state index contributed by atoms with van der Waals surface area (Å²) in [5.74, 6) is 2.77. The molecular weight excluding hydrogens is 150 g/mol. The second-order valence-corrected chi connectivity index (χ2v) is 4.44. The molecule has 0 bridgehead atoms. The lowest BCUT2D eigenvalue weighted by Gasteiger charge is -2.17. The van der Waals surface area contributed by atoms with Crippen LogP contribution in [0.1, 0.15) is 12.8 Å². The highest BCUT2D eigenvalue weighted by molar-refractivity contribution is 4.92. The zero-order valence-electron chi connectivity index (χ0n) is 8.12. The van der Waals surface area contributed by atoms with Gasteiger partial charge in [0.05, 0.1) is 0 Å². The van der Waals surface area contributed by atoms with Crippen LogP contribution in [-0.4, -0.2) is 38.8 Å². The van der Waals surface area contributed by atoms with Gasteiger partial charge in [0, 0.05) is 26.8 Å². The number of methoxy groups -OCH3 is 1. The van der Waals surface area contributed by atoms with E-state index in [4.69, 9.17) is 4.74 Å². The Kier molecular flexibility index (Phi) is 2.37. The maximum Gasteiger partial charge on any atom is 0.0493 e. The van der Waals surface area contributed by atoms with Crippen molar-refractivity contribution in [3.63, 3.8) is 0 Å². The molecule has 1 saturated carbocycles. The molecule has 1 saturated heterocycles. The minimum absolute atomic E-state index is 0.852. The van der Waals surface area contributed by atoms with Gasteiger partial charge in [-0.05, 0) is 37.6 Å². The van der Waals surface area contributed by atoms with Crippen LogP contribution < -0.4 is 0 Å². The van der Waals surface area contributed by atoms with Crippen LogP contribution in [0.25, 0.3) is 0 Å². The SMILES string of the molecule is COCC1CCC2CN(C)CC12. The van der Waals surface area contributed by atoms with Crippen molar-refractivity contribution in [3.8, 4) is 0 Å². The monoisotopic (exact) mass is 169 g/mol. The van der Waals surface area contributed by atoms with Gasteiger partial charge in [-0.3, -0.25) is 0 Å². The standard InChI is InChI=1S/C10H19NO/c1-11-5-8-3-4-9(7-12-2)10(8)6-11/h8-10H,3-7H2,1-2H3. The number of ether oxygens (including phenoxy) is 1. The largest absolute Gasteiger partial charge is 0.384 e. The molecule has 0 aromatic carbocycles. The summed E-state index contributed by atoms with van der Waals surface area (Å²) in [5.41, 5.74) is 0. The van der Waals surface area contributed by atoms with E-state index >= 15 is 0 Å². The predicted molar refractivity (Wildman–Crippen MR) is 49.1 cm³/mol. The van der Waals surface area contributed by atoms with E-state index in [9.17, 15) is 0 Å². The number of nitrogens with zero attached hydrogens (tertiary/aromatic N) is 1. The third-order valence-electron chi connectivity index (χ3n) is 3.57. The van der Waals surface area contributed by atoms with Gasteiger partial charge in [0.25, 0.3) is 0 Å². The van der Waals surface area contributed by atoms with E-state index in [1.54, 1.807) is 0 Å². The van der Waals surface area contributed by atoms with E-state index in [1.807, 2.05) is 7.11 Å². The highest BCUT2D eigenvalue weighted by atomic mass is 16.5. The van der Waals surface area contributed by atoms with Crippen LogP contribution >= 0.6 is 0 Å². The molecule has 2 aliphatic rings. The summed E-state index contributed by atoms with van der Waals surface area (Å²) in [6.45, 7) is 3.61. The van der Waals surface area contributed by atoms with E-state index in [1.165, 1.54) is 25.9 Å². The van der Waals surface area contributed by atoms with Gasteiger partial charge in [-0.15, -0.1) is 0 Å². The molecule has 70 valence electrons. The highest BCUT2D eigenvalue weighted by Gasteiger charge is 2.40. The number of fused-ring (bicyclic) bond motifs is 1. The molecule has 1 aliphatic carbocycles. The Balaban J connectivity index is 1.94.